The Hall–Kier alpha value is -2.32. The molecule has 1 heterocycles. The van der Waals surface area contributed by atoms with Gasteiger partial charge in [0, 0.05) is 18.8 Å². The van der Waals surface area contributed by atoms with Gasteiger partial charge in [-0.2, -0.15) is 0 Å². The smallest absolute Gasteiger partial charge is 0.0372 e. The summed E-state index contributed by atoms with van der Waals surface area (Å²) in [5.41, 5.74) is 3.99. The van der Waals surface area contributed by atoms with Crippen LogP contribution in [0.3, 0.4) is 0 Å². The van der Waals surface area contributed by atoms with Gasteiger partial charge >= 0.3 is 0 Å². The molecule has 1 aliphatic heterocycles. The molecule has 128 valence electrons. The molecule has 0 unspecified atom stereocenters. The lowest BCUT2D eigenvalue weighted by Crippen LogP contribution is -2.36. The Kier molecular flexibility index (Phi) is 4.71. The predicted octanol–water partition coefficient (Wildman–Crippen LogP) is 4.94. The molecular formula is C23H26N2. The molecular weight excluding hydrogens is 304 g/mol. The molecule has 25 heavy (non-hydrogen) atoms. The van der Waals surface area contributed by atoms with Gasteiger partial charge in [-0.25, -0.2) is 0 Å². The fourth-order valence-corrected chi connectivity index (χ4v) is 4.03. The van der Waals surface area contributed by atoms with Crippen molar-refractivity contribution in [3.05, 3.63) is 66.7 Å². The second-order valence-electron chi connectivity index (χ2n) is 7.07. The Balaban J connectivity index is 1.62. The van der Waals surface area contributed by atoms with Crippen molar-refractivity contribution in [2.24, 2.45) is 5.92 Å². The van der Waals surface area contributed by atoms with Gasteiger partial charge in [0.05, 0.1) is 0 Å². The number of nitrogens with one attached hydrogen (secondary N) is 1. The number of anilines is 1. The molecule has 1 fully saturated rings. The first-order chi connectivity index (χ1) is 12.3. The topological polar surface area (TPSA) is 15.3 Å². The van der Waals surface area contributed by atoms with Gasteiger partial charge in [0.2, 0.25) is 0 Å². The average molecular weight is 330 g/mol. The molecule has 2 heteroatoms. The molecule has 0 atom stereocenters. The third kappa shape index (κ3) is 3.40. The standard InChI is InChI=1S/C23H26N2/c1-24-17-18-12-14-25(15-13-18)21-9-4-8-20(16-21)23-11-5-7-19-6-2-3-10-22(19)23/h2-11,16,18,24H,12-15,17H2,1H3. The van der Waals surface area contributed by atoms with Crippen LogP contribution in [-0.4, -0.2) is 26.7 Å². The second-order valence-corrected chi connectivity index (χ2v) is 7.07. The Labute approximate surface area is 150 Å². The van der Waals surface area contributed by atoms with Crippen molar-refractivity contribution in [2.75, 3.05) is 31.6 Å². The Morgan fingerprint density at radius 2 is 1.68 bits per heavy atom. The van der Waals surface area contributed by atoms with Gasteiger partial charge in [0.25, 0.3) is 0 Å². The number of benzene rings is 3. The zero-order chi connectivity index (χ0) is 17.1. The van der Waals surface area contributed by atoms with E-state index in [4.69, 9.17) is 0 Å². The van der Waals surface area contributed by atoms with Gasteiger partial charge in [-0.05, 0) is 66.4 Å². The zero-order valence-corrected chi connectivity index (χ0v) is 14.9. The highest BCUT2D eigenvalue weighted by atomic mass is 15.1. The number of hydrogen-bond acceptors (Lipinski definition) is 2. The van der Waals surface area contributed by atoms with Crippen LogP contribution in [0.4, 0.5) is 5.69 Å². The maximum atomic E-state index is 3.32. The summed E-state index contributed by atoms with van der Waals surface area (Å²) in [7, 11) is 2.06. The van der Waals surface area contributed by atoms with Crippen LogP contribution in [0.5, 0.6) is 0 Å². The van der Waals surface area contributed by atoms with Gasteiger partial charge in [0.1, 0.15) is 0 Å². The van der Waals surface area contributed by atoms with Crippen LogP contribution in [0.2, 0.25) is 0 Å². The number of rotatable bonds is 4. The lowest BCUT2D eigenvalue weighted by Gasteiger charge is -2.33. The highest BCUT2D eigenvalue weighted by Crippen LogP contribution is 2.32. The van der Waals surface area contributed by atoms with Crippen molar-refractivity contribution < 1.29 is 0 Å². The highest BCUT2D eigenvalue weighted by molar-refractivity contribution is 5.97. The molecule has 1 aliphatic rings. The van der Waals surface area contributed by atoms with Gasteiger partial charge in [-0.3, -0.25) is 0 Å². The lowest BCUT2D eigenvalue weighted by molar-refractivity contribution is 0.393. The quantitative estimate of drug-likeness (QED) is 0.729. The molecule has 3 aromatic carbocycles. The third-order valence-electron chi connectivity index (χ3n) is 5.42. The van der Waals surface area contributed by atoms with Gasteiger partial charge in [-0.1, -0.05) is 54.6 Å². The minimum atomic E-state index is 0.822. The van der Waals surface area contributed by atoms with E-state index in [1.807, 2.05) is 0 Å². The maximum absolute atomic E-state index is 3.32. The van der Waals surface area contributed by atoms with Gasteiger partial charge in [0.15, 0.2) is 0 Å². The summed E-state index contributed by atoms with van der Waals surface area (Å²) < 4.78 is 0. The van der Waals surface area contributed by atoms with Crippen molar-refractivity contribution in [3.63, 3.8) is 0 Å². The van der Waals surface area contributed by atoms with E-state index in [1.54, 1.807) is 0 Å². The summed E-state index contributed by atoms with van der Waals surface area (Å²) in [4.78, 5) is 2.54. The first-order valence-electron chi connectivity index (χ1n) is 9.33. The van der Waals surface area contributed by atoms with Crippen molar-refractivity contribution in [1.29, 1.82) is 0 Å². The summed E-state index contributed by atoms with van der Waals surface area (Å²) in [5, 5.41) is 5.95. The van der Waals surface area contributed by atoms with Crippen molar-refractivity contribution in [2.45, 2.75) is 12.8 Å². The minimum Gasteiger partial charge on any atom is -0.371 e. The van der Waals surface area contributed by atoms with Crippen LogP contribution in [0, 0.1) is 5.92 Å². The van der Waals surface area contributed by atoms with Crippen molar-refractivity contribution in [3.8, 4) is 11.1 Å². The van der Waals surface area contributed by atoms with E-state index in [1.165, 1.54) is 40.4 Å². The summed E-state index contributed by atoms with van der Waals surface area (Å²) in [6.07, 6.45) is 2.55. The molecule has 4 rings (SSSR count). The van der Waals surface area contributed by atoms with Crippen LogP contribution in [0.1, 0.15) is 12.8 Å². The zero-order valence-electron chi connectivity index (χ0n) is 14.9. The number of nitrogens with zero attached hydrogens (tertiary/aromatic N) is 1. The molecule has 2 nitrogen and oxygen atoms in total. The first kappa shape index (κ1) is 16.2. The Morgan fingerprint density at radius 3 is 2.52 bits per heavy atom. The number of fused-ring (bicyclic) bond motifs is 1. The summed E-state index contributed by atoms with van der Waals surface area (Å²) in [6.45, 7) is 3.46. The lowest BCUT2D eigenvalue weighted by atomic mass is 9.95. The monoisotopic (exact) mass is 330 g/mol. The number of hydrogen-bond donors (Lipinski definition) is 1. The molecule has 1 saturated heterocycles. The van der Waals surface area contributed by atoms with Crippen LogP contribution in [-0.2, 0) is 0 Å². The van der Waals surface area contributed by atoms with Crippen LogP contribution in [0.25, 0.3) is 21.9 Å². The molecule has 0 amide bonds. The fourth-order valence-electron chi connectivity index (χ4n) is 4.03. The predicted molar refractivity (Wildman–Crippen MR) is 108 cm³/mol. The maximum Gasteiger partial charge on any atom is 0.0372 e. The summed E-state index contributed by atoms with van der Waals surface area (Å²) >= 11 is 0. The Bertz CT molecular complexity index is 842. The largest absolute Gasteiger partial charge is 0.371 e. The summed E-state index contributed by atoms with van der Waals surface area (Å²) in [6, 6.07) is 24.3. The van der Waals surface area contributed by atoms with Crippen LogP contribution in [0.15, 0.2) is 66.7 Å². The van der Waals surface area contributed by atoms with E-state index in [9.17, 15) is 0 Å². The van der Waals surface area contributed by atoms with Gasteiger partial charge < -0.3 is 10.2 Å². The normalized spacial score (nSPS) is 15.6. The third-order valence-corrected chi connectivity index (χ3v) is 5.42. The SMILES string of the molecule is CNCC1CCN(c2cccc(-c3cccc4ccccc34)c2)CC1. The van der Waals surface area contributed by atoms with E-state index in [0.717, 1.165) is 25.6 Å². The average Bonchev–Trinajstić information content (AvgIpc) is 2.68. The van der Waals surface area contributed by atoms with E-state index < -0.39 is 0 Å². The summed E-state index contributed by atoms with van der Waals surface area (Å²) in [5.74, 6) is 0.822. The second kappa shape index (κ2) is 7.28. The Morgan fingerprint density at radius 1 is 0.920 bits per heavy atom. The molecule has 1 N–H and O–H groups in total. The van der Waals surface area contributed by atoms with Crippen molar-refractivity contribution >= 4 is 16.5 Å². The molecule has 0 aromatic heterocycles. The molecule has 0 spiro atoms. The number of piperidine rings is 1. The molecule has 0 aliphatic carbocycles. The first-order valence-corrected chi connectivity index (χ1v) is 9.33. The molecule has 3 aromatic rings. The van der Waals surface area contributed by atoms with Crippen LogP contribution < -0.4 is 10.2 Å². The van der Waals surface area contributed by atoms with E-state index in [0.29, 0.717) is 0 Å². The molecule has 0 radical (unpaired) electrons. The fraction of sp³-hybridized carbons (Fsp3) is 0.304. The molecule has 0 bridgehead atoms. The molecule has 0 saturated carbocycles. The minimum absolute atomic E-state index is 0.822. The highest BCUT2D eigenvalue weighted by Gasteiger charge is 2.19. The van der Waals surface area contributed by atoms with E-state index in [2.05, 4.69) is 84.0 Å². The van der Waals surface area contributed by atoms with Crippen molar-refractivity contribution in [1.82, 2.24) is 5.32 Å². The van der Waals surface area contributed by atoms with Gasteiger partial charge in [-0.15, -0.1) is 0 Å². The van der Waals surface area contributed by atoms with E-state index in [-0.39, 0.29) is 0 Å². The van der Waals surface area contributed by atoms with Crippen LogP contribution >= 0.6 is 0 Å². The van der Waals surface area contributed by atoms with E-state index >= 15 is 0 Å².